The quantitative estimate of drug-likeness (QED) is 0.0896. The van der Waals surface area contributed by atoms with Gasteiger partial charge in [0.15, 0.2) is 11.5 Å². The molecule has 1 amide bonds. The second-order valence-electron chi connectivity index (χ2n) is 15.1. The smallest absolute Gasteiger partial charge is 0.383 e. The van der Waals surface area contributed by atoms with E-state index in [1.807, 2.05) is 0 Å². The Hall–Kier alpha value is -5.56. The fraction of sp³-hybridized carbons (Fsp3) is 0.308. The van der Waals surface area contributed by atoms with Crippen molar-refractivity contribution >= 4 is 55.6 Å². The summed E-state index contributed by atoms with van der Waals surface area (Å²) >= 11 is 7.69. The minimum Gasteiger partial charge on any atom is -0.383 e. The maximum absolute atomic E-state index is 15.6. The van der Waals surface area contributed by atoms with Crippen molar-refractivity contribution in [2.75, 3.05) is 11.0 Å². The number of benzene rings is 2. The number of anilines is 1. The monoisotopic (exact) mass is 906 g/mol. The van der Waals surface area contributed by atoms with E-state index in [0.29, 0.717) is 26.2 Å². The molecule has 2 aliphatic rings. The van der Waals surface area contributed by atoms with Gasteiger partial charge in [-0.3, -0.25) is 18.9 Å². The summed E-state index contributed by atoms with van der Waals surface area (Å²) in [6, 6.07) is 7.35. The third-order valence-electron chi connectivity index (χ3n) is 10.0. The Bertz CT molecular complexity index is 2960. The number of fused-ring (bicyclic) bond motifs is 4. The zero-order valence-corrected chi connectivity index (χ0v) is 34.3. The number of aryl methyl sites for hydroxylation is 1. The van der Waals surface area contributed by atoms with E-state index < -0.39 is 93.1 Å². The zero-order valence-electron chi connectivity index (χ0n) is 32.0. The van der Waals surface area contributed by atoms with Crippen LogP contribution in [0.5, 0.6) is 0 Å². The van der Waals surface area contributed by atoms with Crippen LogP contribution in [-0.2, 0) is 52.5 Å². The van der Waals surface area contributed by atoms with E-state index in [1.165, 1.54) is 37.8 Å². The highest BCUT2D eigenvalue weighted by atomic mass is 35.5. The van der Waals surface area contributed by atoms with Crippen LogP contribution in [0.1, 0.15) is 59.0 Å². The fourth-order valence-corrected chi connectivity index (χ4v) is 9.18. The SMILES string of the molecule is Cn1nc(NS(C)(=O)=O)c2c(Cl)ccc(-c3ccc(-c4cnc(C(C)(C)O)s4)nc3[C@H](Cc3cc(F)cc(F)c3)NC(=O)Cn3nc(C(F)(F)F)c4c3C(F)(F)[C@@H]3C#C[C@H]43)c21. The lowest BCUT2D eigenvalue weighted by molar-refractivity contribution is -0.142. The van der Waals surface area contributed by atoms with Crippen molar-refractivity contribution in [2.45, 2.75) is 56.5 Å². The van der Waals surface area contributed by atoms with Crippen LogP contribution in [0.25, 0.3) is 32.6 Å². The van der Waals surface area contributed by atoms with Gasteiger partial charge < -0.3 is 10.4 Å². The third-order valence-corrected chi connectivity index (χ3v) is 12.3. The van der Waals surface area contributed by atoms with E-state index in [0.717, 1.165) is 29.7 Å². The Kier molecular flexibility index (Phi) is 10.0. The maximum atomic E-state index is 15.6. The molecule has 0 unspecified atom stereocenters. The lowest BCUT2D eigenvalue weighted by Crippen LogP contribution is -2.36. The van der Waals surface area contributed by atoms with Crippen LogP contribution in [0.15, 0.2) is 48.7 Å². The number of hydrogen-bond donors (Lipinski definition) is 3. The predicted octanol–water partition coefficient (Wildman–Crippen LogP) is 7.43. The van der Waals surface area contributed by atoms with E-state index in [4.69, 9.17) is 16.6 Å². The summed E-state index contributed by atoms with van der Waals surface area (Å²) in [6.07, 6.45) is -3.22. The predicted molar refractivity (Wildman–Crippen MR) is 210 cm³/mol. The summed E-state index contributed by atoms with van der Waals surface area (Å²) in [6.45, 7) is 1.90. The second-order valence-corrected chi connectivity index (χ2v) is 18.3. The summed E-state index contributed by atoms with van der Waals surface area (Å²) in [5, 5.41) is 21.6. The number of halogens is 8. The molecule has 0 bridgehead atoms. The molecule has 4 heterocycles. The number of aliphatic hydroxyl groups is 1. The molecule has 6 aromatic rings. The van der Waals surface area contributed by atoms with Gasteiger partial charge in [-0.05, 0) is 50.1 Å². The number of hydrogen-bond acceptors (Lipinski definition) is 9. The first-order chi connectivity index (χ1) is 28.4. The summed E-state index contributed by atoms with van der Waals surface area (Å²) in [5.41, 5.74) is -3.83. The number of pyridine rings is 1. The molecule has 12 nitrogen and oxygen atoms in total. The third kappa shape index (κ3) is 7.70. The number of alkyl halides is 5. The first-order valence-corrected chi connectivity index (χ1v) is 21.1. The minimum atomic E-state index is -5.16. The van der Waals surface area contributed by atoms with Gasteiger partial charge in [-0.2, -0.15) is 32.1 Å². The molecule has 3 atom stereocenters. The van der Waals surface area contributed by atoms with E-state index in [-0.39, 0.29) is 44.3 Å². The van der Waals surface area contributed by atoms with Crippen LogP contribution in [0.4, 0.5) is 36.6 Å². The molecule has 0 aliphatic heterocycles. The summed E-state index contributed by atoms with van der Waals surface area (Å²) in [5.74, 6) is -5.69. The molecule has 0 radical (unpaired) electrons. The van der Waals surface area contributed by atoms with Crippen molar-refractivity contribution in [1.29, 1.82) is 0 Å². The van der Waals surface area contributed by atoms with Crippen molar-refractivity contribution in [3.05, 3.63) is 98.5 Å². The van der Waals surface area contributed by atoms with E-state index in [2.05, 4.69) is 37.1 Å². The molecule has 61 heavy (non-hydrogen) atoms. The number of nitrogens with zero attached hydrogens (tertiary/aromatic N) is 6. The summed E-state index contributed by atoms with van der Waals surface area (Å²) in [7, 11) is -2.36. The van der Waals surface area contributed by atoms with Crippen molar-refractivity contribution in [2.24, 2.45) is 13.0 Å². The topological polar surface area (TPSA) is 157 Å². The normalized spacial score (nSPS) is 17.3. The zero-order chi connectivity index (χ0) is 44.1. The van der Waals surface area contributed by atoms with E-state index >= 15 is 8.78 Å². The van der Waals surface area contributed by atoms with Gasteiger partial charge in [-0.1, -0.05) is 35.6 Å². The van der Waals surface area contributed by atoms with Gasteiger partial charge in [-0.25, -0.2) is 27.2 Å². The largest absolute Gasteiger partial charge is 0.435 e. The van der Waals surface area contributed by atoms with Gasteiger partial charge in [0.05, 0.1) is 50.4 Å². The summed E-state index contributed by atoms with van der Waals surface area (Å²) < 4.78 is 132. The number of thiazole rings is 1. The Labute approximate surface area is 350 Å². The van der Waals surface area contributed by atoms with Crippen LogP contribution in [0.3, 0.4) is 0 Å². The maximum Gasteiger partial charge on any atom is 0.435 e. The number of sulfonamides is 1. The first-order valence-electron chi connectivity index (χ1n) is 18.1. The molecular weight excluding hydrogens is 877 g/mol. The number of nitrogens with one attached hydrogen (secondary N) is 2. The van der Waals surface area contributed by atoms with Crippen LogP contribution >= 0.6 is 22.9 Å². The Morgan fingerprint density at radius 1 is 1.07 bits per heavy atom. The van der Waals surface area contributed by atoms with Gasteiger partial charge in [0, 0.05) is 36.0 Å². The molecule has 2 aliphatic carbocycles. The van der Waals surface area contributed by atoms with Gasteiger partial charge in [0.2, 0.25) is 15.9 Å². The van der Waals surface area contributed by atoms with Crippen LogP contribution in [-0.4, -0.2) is 55.2 Å². The van der Waals surface area contributed by atoms with E-state index in [9.17, 15) is 40.3 Å². The molecule has 2 aromatic carbocycles. The Morgan fingerprint density at radius 3 is 2.36 bits per heavy atom. The van der Waals surface area contributed by atoms with Crippen LogP contribution in [0, 0.1) is 29.4 Å². The fourth-order valence-electron chi connectivity index (χ4n) is 7.56. The van der Waals surface area contributed by atoms with Gasteiger partial charge >= 0.3 is 12.1 Å². The first kappa shape index (κ1) is 42.1. The molecule has 22 heteroatoms. The average Bonchev–Trinajstić information content (AvgIpc) is 3.86. The molecule has 0 fully saturated rings. The van der Waals surface area contributed by atoms with Crippen molar-refractivity contribution < 1.29 is 49.1 Å². The number of carbonyl (C=O) groups is 1. The van der Waals surface area contributed by atoms with Gasteiger partial charge in [-0.15, -0.1) is 11.3 Å². The number of carbonyl (C=O) groups excluding carboxylic acids is 1. The Balaban J connectivity index is 1.30. The van der Waals surface area contributed by atoms with Crippen molar-refractivity contribution in [3.63, 3.8) is 0 Å². The molecular formula is C39H30ClF7N8O4S2. The molecule has 8 rings (SSSR count). The molecule has 0 spiro atoms. The number of amides is 1. The summed E-state index contributed by atoms with van der Waals surface area (Å²) in [4.78, 5) is 23.7. The molecule has 3 N–H and O–H groups in total. The number of aromatic nitrogens is 6. The standard InChI is InChI=1S/C39H30ClF7N8O4S2/c1-37(2,57)36-48-15-27(60-36)25-10-7-20(21-6-9-24(40)30-32(21)54(3)52-35(30)53-61(4,58)59)31(50-25)26(13-17-11-18(41)14-19(42)12-17)49-28(56)16-55-34-29(33(51-55)39(45,46)47)22-5-8-23(22)38(34,43)44/h6-7,9-12,14-15,22-23,26,57H,13,16H2,1-4H3,(H,49,56)(H,52,53)/t22-,23+,26-/m0/s1. The minimum absolute atomic E-state index is 0.00498. The number of rotatable bonds is 11. The van der Waals surface area contributed by atoms with Crippen molar-refractivity contribution in [3.8, 4) is 33.5 Å². The lowest BCUT2D eigenvalue weighted by Gasteiger charge is -2.24. The van der Waals surface area contributed by atoms with Crippen LogP contribution in [0.2, 0.25) is 5.02 Å². The highest BCUT2D eigenvalue weighted by Crippen LogP contribution is 2.58. The highest BCUT2D eigenvalue weighted by molar-refractivity contribution is 7.92. The van der Waals surface area contributed by atoms with Gasteiger partial charge in [0.25, 0.3) is 0 Å². The molecule has 318 valence electrons. The lowest BCUT2D eigenvalue weighted by atomic mass is 9.84. The molecule has 4 aromatic heterocycles. The van der Waals surface area contributed by atoms with Crippen LogP contribution < -0.4 is 10.0 Å². The Morgan fingerprint density at radius 2 is 1.75 bits per heavy atom. The second kappa shape index (κ2) is 14.5. The average molecular weight is 907 g/mol. The molecule has 0 saturated heterocycles. The van der Waals surface area contributed by atoms with E-state index in [1.54, 1.807) is 18.2 Å². The highest BCUT2D eigenvalue weighted by Gasteiger charge is 2.62. The van der Waals surface area contributed by atoms with Crippen molar-refractivity contribution in [1.82, 2.24) is 34.8 Å². The van der Waals surface area contributed by atoms with Gasteiger partial charge in [0.1, 0.15) is 40.4 Å². The molecule has 0 saturated carbocycles.